The summed E-state index contributed by atoms with van der Waals surface area (Å²) in [5, 5.41) is 20.3. The van der Waals surface area contributed by atoms with Crippen molar-refractivity contribution >= 4 is 17.7 Å². The number of aryl methyl sites for hydroxylation is 1. The first-order valence-corrected chi connectivity index (χ1v) is 8.84. The first-order valence-electron chi connectivity index (χ1n) is 8.84. The SMILES string of the molecule is CCOC(=O)/C(C#N)=C/c1cc([N+](=O)[O-])ccc1OCCOc1ccc(C)cc1. The molecule has 0 N–H and O–H groups in total. The molecule has 0 radical (unpaired) electrons. The third-order valence-corrected chi connectivity index (χ3v) is 3.75. The second-order valence-electron chi connectivity index (χ2n) is 5.88. The molecule has 0 fully saturated rings. The third-order valence-electron chi connectivity index (χ3n) is 3.75. The lowest BCUT2D eigenvalue weighted by Crippen LogP contribution is -2.10. The second-order valence-corrected chi connectivity index (χ2v) is 5.88. The van der Waals surface area contributed by atoms with Gasteiger partial charge in [-0.25, -0.2) is 4.79 Å². The van der Waals surface area contributed by atoms with Crippen molar-refractivity contribution in [1.29, 1.82) is 5.26 Å². The molecular formula is C21H20N2O6. The van der Waals surface area contributed by atoms with E-state index < -0.39 is 10.9 Å². The Balaban J connectivity index is 2.15. The number of benzene rings is 2. The summed E-state index contributed by atoms with van der Waals surface area (Å²) >= 11 is 0. The van der Waals surface area contributed by atoms with Crippen LogP contribution >= 0.6 is 0 Å². The number of rotatable bonds is 9. The predicted molar refractivity (Wildman–Crippen MR) is 105 cm³/mol. The zero-order valence-corrected chi connectivity index (χ0v) is 16.1. The molecule has 0 aliphatic heterocycles. The molecule has 0 unspecified atom stereocenters. The summed E-state index contributed by atoms with van der Waals surface area (Å²) in [4.78, 5) is 22.3. The number of hydrogen-bond acceptors (Lipinski definition) is 7. The fraction of sp³-hybridized carbons (Fsp3) is 0.238. The van der Waals surface area contributed by atoms with Gasteiger partial charge in [0.15, 0.2) is 0 Å². The van der Waals surface area contributed by atoms with E-state index in [9.17, 15) is 20.2 Å². The summed E-state index contributed by atoms with van der Waals surface area (Å²) in [7, 11) is 0. The van der Waals surface area contributed by atoms with Crippen LogP contribution < -0.4 is 9.47 Å². The van der Waals surface area contributed by atoms with Crippen LogP contribution in [-0.4, -0.2) is 30.7 Å². The van der Waals surface area contributed by atoms with Gasteiger partial charge < -0.3 is 14.2 Å². The number of carbonyl (C=O) groups is 1. The van der Waals surface area contributed by atoms with E-state index in [2.05, 4.69) is 0 Å². The quantitative estimate of drug-likeness (QED) is 0.158. The minimum atomic E-state index is -0.810. The van der Waals surface area contributed by atoms with E-state index in [1.54, 1.807) is 13.0 Å². The molecule has 0 bridgehead atoms. The van der Waals surface area contributed by atoms with E-state index in [4.69, 9.17) is 14.2 Å². The molecule has 0 aliphatic carbocycles. The van der Waals surface area contributed by atoms with Crippen molar-refractivity contribution in [3.8, 4) is 17.6 Å². The van der Waals surface area contributed by atoms with Crippen LogP contribution in [0.3, 0.4) is 0 Å². The van der Waals surface area contributed by atoms with Crippen LogP contribution in [0.1, 0.15) is 18.1 Å². The van der Waals surface area contributed by atoms with Crippen LogP contribution in [0.5, 0.6) is 11.5 Å². The molecule has 0 amide bonds. The van der Waals surface area contributed by atoms with E-state index in [1.807, 2.05) is 31.2 Å². The average molecular weight is 396 g/mol. The van der Waals surface area contributed by atoms with Gasteiger partial charge in [-0.05, 0) is 38.1 Å². The number of nitro benzene ring substituents is 1. The molecule has 0 heterocycles. The Morgan fingerprint density at radius 2 is 1.86 bits per heavy atom. The van der Waals surface area contributed by atoms with E-state index in [-0.39, 0.29) is 42.4 Å². The van der Waals surface area contributed by atoms with Crippen LogP contribution in [0.4, 0.5) is 5.69 Å². The number of esters is 1. The molecule has 2 rings (SSSR count). The highest BCUT2D eigenvalue weighted by Gasteiger charge is 2.15. The summed E-state index contributed by atoms with van der Waals surface area (Å²) in [5.74, 6) is 0.160. The monoisotopic (exact) mass is 396 g/mol. The smallest absolute Gasteiger partial charge is 0.348 e. The summed E-state index contributed by atoms with van der Waals surface area (Å²) in [6, 6.07) is 13.2. The number of ether oxygens (including phenoxy) is 3. The highest BCUT2D eigenvalue weighted by atomic mass is 16.6. The van der Waals surface area contributed by atoms with E-state index in [0.717, 1.165) is 5.56 Å². The maximum atomic E-state index is 11.8. The first kappa shape index (κ1) is 21.4. The molecule has 0 saturated heterocycles. The van der Waals surface area contributed by atoms with Crippen LogP contribution in [0.2, 0.25) is 0 Å². The highest BCUT2D eigenvalue weighted by Crippen LogP contribution is 2.27. The van der Waals surface area contributed by atoms with Gasteiger partial charge in [0.25, 0.3) is 5.69 Å². The standard InChI is InChI=1S/C21H20N2O6/c1-3-27-21(24)17(14-22)12-16-13-18(23(25)26)6-9-20(16)29-11-10-28-19-7-4-15(2)5-8-19/h4-9,12-13H,3,10-11H2,1-2H3/b17-12+. The highest BCUT2D eigenvalue weighted by molar-refractivity contribution is 5.98. The van der Waals surface area contributed by atoms with Gasteiger partial charge in [0.05, 0.1) is 11.5 Å². The average Bonchev–Trinajstić information content (AvgIpc) is 2.71. The van der Waals surface area contributed by atoms with Crippen molar-refractivity contribution in [2.24, 2.45) is 0 Å². The predicted octanol–water partition coefficient (Wildman–Crippen LogP) is 3.83. The number of nitro groups is 1. The fourth-order valence-corrected chi connectivity index (χ4v) is 2.34. The number of carbonyl (C=O) groups excluding carboxylic acids is 1. The maximum Gasteiger partial charge on any atom is 0.348 e. The molecule has 150 valence electrons. The first-order chi connectivity index (χ1) is 13.9. The summed E-state index contributed by atoms with van der Waals surface area (Å²) < 4.78 is 16.0. The van der Waals surface area contributed by atoms with Crippen LogP contribution in [0.25, 0.3) is 6.08 Å². The van der Waals surface area contributed by atoms with Gasteiger partial charge in [-0.1, -0.05) is 17.7 Å². The lowest BCUT2D eigenvalue weighted by Gasteiger charge is -2.11. The molecule has 2 aromatic rings. The zero-order valence-electron chi connectivity index (χ0n) is 16.1. The molecule has 0 saturated carbocycles. The van der Waals surface area contributed by atoms with Gasteiger partial charge in [0.2, 0.25) is 0 Å². The number of nitrogens with zero attached hydrogens (tertiary/aromatic N) is 2. The van der Waals surface area contributed by atoms with Crippen LogP contribution in [-0.2, 0) is 9.53 Å². The summed E-state index contributed by atoms with van der Waals surface area (Å²) in [5.41, 5.74) is 0.860. The number of non-ortho nitro benzene ring substituents is 1. The second kappa shape index (κ2) is 10.5. The summed E-state index contributed by atoms with van der Waals surface area (Å²) in [6.07, 6.45) is 1.21. The lowest BCUT2D eigenvalue weighted by molar-refractivity contribution is -0.384. The normalized spacial score (nSPS) is 10.7. The maximum absolute atomic E-state index is 11.8. The van der Waals surface area contributed by atoms with Gasteiger partial charge in [0, 0.05) is 17.7 Å². The van der Waals surface area contributed by atoms with Gasteiger partial charge >= 0.3 is 5.97 Å². The van der Waals surface area contributed by atoms with Crippen molar-refractivity contribution in [2.75, 3.05) is 19.8 Å². The Bertz CT molecular complexity index is 945. The van der Waals surface area contributed by atoms with Crippen LogP contribution in [0.15, 0.2) is 48.0 Å². The molecule has 2 aromatic carbocycles. The minimum Gasteiger partial charge on any atom is -0.490 e. The zero-order chi connectivity index (χ0) is 21.2. The van der Waals surface area contributed by atoms with Gasteiger partial charge in [-0.2, -0.15) is 5.26 Å². The Labute approximate surface area is 168 Å². The van der Waals surface area contributed by atoms with Crippen molar-refractivity contribution in [1.82, 2.24) is 0 Å². The van der Waals surface area contributed by atoms with Crippen molar-refractivity contribution in [3.05, 3.63) is 69.3 Å². The van der Waals surface area contributed by atoms with Crippen molar-refractivity contribution in [2.45, 2.75) is 13.8 Å². The molecular weight excluding hydrogens is 376 g/mol. The minimum absolute atomic E-state index is 0.104. The number of hydrogen-bond donors (Lipinski definition) is 0. The van der Waals surface area contributed by atoms with E-state index in [1.165, 1.54) is 24.3 Å². The molecule has 8 nitrogen and oxygen atoms in total. The largest absolute Gasteiger partial charge is 0.490 e. The molecule has 0 aromatic heterocycles. The lowest BCUT2D eigenvalue weighted by atomic mass is 10.1. The molecule has 0 aliphatic rings. The molecule has 0 atom stereocenters. The van der Waals surface area contributed by atoms with Crippen LogP contribution in [0, 0.1) is 28.4 Å². The Hall–Kier alpha value is -3.86. The third kappa shape index (κ3) is 6.36. The van der Waals surface area contributed by atoms with Crippen molar-refractivity contribution < 1.29 is 23.9 Å². The summed E-state index contributed by atoms with van der Waals surface area (Å²) in [6.45, 7) is 4.09. The Morgan fingerprint density at radius 1 is 1.17 bits per heavy atom. The van der Waals surface area contributed by atoms with Gasteiger partial charge in [-0.3, -0.25) is 10.1 Å². The topological polar surface area (TPSA) is 112 Å². The Morgan fingerprint density at radius 3 is 2.48 bits per heavy atom. The molecule has 8 heteroatoms. The van der Waals surface area contributed by atoms with E-state index in [0.29, 0.717) is 5.75 Å². The molecule has 29 heavy (non-hydrogen) atoms. The fourth-order valence-electron chi connectivity index (χ4n) is 2.34. The van der Waals surface area contributed by atoms with E-state index >= 15 is 0 Å². The Kier molecular flexibility index (Phi) is 7.74. The molecule has 0 spiro atoms. The van der Waals surface area contributed by atoms with Gasteiger partial charge in [0.1, 0.15) is 36.4 Å². The van der Waals surface area contributed by atoms with Gasteiger partial charge in [-0.15, -0.1) is 0 Å². The number of nitriles is 1. The van der Waals surface area contributed by atoms with Crippen molar-refractivity contribution in [3.63, 3.8) is 0 Å².